The van der Waals surface area contributed by atoms with Crippen molar-refractivity contribution in [3.63, 3.8) is 0 Å². The maximum atomic E-state index is 11.6. The van der Waals surface area contributed by atoms with Gasteiger partial charge in [0.15, 0.2) is 0 Å². The third-order valence-electron chi connectivity index (χ3n) is 3.12. The number of carbonyl (C=O) groups is 1. The minimum atomic E-state index is -0.361. The van der Waals surface area contributed by atoms with Crippen LogP contribution in [0.1, 0.15) is 25.5 Å². The van der Waals surface area contributed by atoms with Gasteiger partial charge in [-0.25, -0.2) is 4.98 Å². The number of nitrogens with one attached hydrogen (secondary N) is 1. The van der Waals surface area contributed by atoms with E-state index in [1.807, 2.05) is 31.2 Å². The second kappa shape index (κ2) is 7.50. The molecule has 0 aliphatic rings. The van der Waals surface area contributed by atoms with Crippen molar-refractivity contribution in [2.24, 2.45) is 0 Å². The summed E-state index contributed by atoms with van der Waals surface area (Å²) in [7, 11) is 0. The standard InChI is InChI=1S/C16H19N3O2/c1-2-13(20)9-10-17-16(21)8-7-12-11-18-14-5-3-4-6-15(14)19-12/h3-8,11,13,20H,2,9-10H2,1H3,(H,17,21)/b8-7+. The highest BCUT2D eigenvalue weighted by Crippen LogP contribution is 2.09. The lowest BCUT2D eigenvalue weighted by Gasteiger charge is -2.07. The number of hydrogen-bond acceptors (Lipinski definition) is 4. The lowest BCUT2D eigenvalue weighted by molar-refractivity contribution is -0.116. The van der Waals surface area contributed by atoms with Gasteiger partial charge >= 0.3 is 0 Å². The summed E-state index contributed by atoms with van der Waals surface area (Å²) in [5, 5.41) is 12.1. The molecular formula is C16H19N3O2. The van der Waals surface area contributed by atoms with E-state index in [1.165, 1.54) is 6.08 Å². The van der Waals surface area contributed by atoms with E-state index in [-0.39, 0.29) is 12.0 Å². The molecule has 0 saturated carbocycles. The summed E-state index contributed by atoms with van der Waals surface area (Å²) in [6, 6.07) is 7.58. The maximum absolute atomic E-state index is 11.6. The summed E-state index contributed by atoms with van der Waals surface area (Å²) in [5.74, 6) is -0.201. The van der Waals surface area contributed by atoms with Crippen LogP contribution in [0.15, 0.2) is 36.5 Å². The average molecular weight is 285 g/mol. The van der Waals surface area contributed by atoms with Crippen molar-refractivity contribution in [2.45, 2.75) is 25.9 Å². The molecule has 0 bridgehead atoms. The molecule has 0 spiro atoms. The fourth-order valence-electron chi connectivity index (χ4n) is 1.84. The molecule has 2 rings (SSSR count). The van der Waals surface area contributed by atoms with Crippen LogP contribution in [0, 0.1) is 0 Å². The Morgan fingerprint density at radius 2 is 2.14 bits per heavy atom. The molecule has 0 aliphatic heterocycles. The van der Waals surface area contributed by atoms with Gasteiger partial charge in [0.05, 0.1) is 29.0 Å². The number of amides is 1. The fraction of sp³-hybridized carbons (Fsp3) is 0.312. The highest BCUT2D eigenvalue weighted by molar-refractivity contribution is 5.91. The number of rotatable bonds is 6. The summed E-state index contributed by atoms with van der Waals surface area (Å²) < 4.78 is 0. The highest BCUT2D eigenvalue weighted by atomic mass is 16.3. The Balaban J connectivity index is 1.91. The van der Waals surface area contributed by atoms with Gasteiger partial charge in [-0.2, -0.15) is 0 Å². The lowest BCUT2D eigenvalue weighted by atomic mass is 10.2. The first-order valence-electron chi connectivity index (χ1n) is 7.05. The molecule has 2 aromatic rings. The zero-order valence-corrected chi connectivity index (χ0v) is 12.0. The number of aliphatic hydroxyl groups is 1. The van der Waals surface area contributed by atoms with Crippen molar-refractivity contribution in [1.82, 2.24) is 15.3 Å². The van der Waals surface area contributed by atoms with E-state index in [2.05, 4.69) is 15.3 Å². The molecule has 1 aromatic heterocycles. The van der Waals surface area contributed by atoms with Gasteiger partial charge in [-0.3, -0.25) is 9.78 Å². The first-order chi connectivity index (χ1) is 10.2. The van der Waals surface area contributed by atoms with Crippen LogP contribution >= 0.6 is 0 Å². The summed E-state index contributed by atoms with van der Waals surface area (Å²) >= 11 is 0. The van der Waals surface area contributed by atoms with Gasteiger partial charge in [-0.15, -0.1) is 0 Å². The topological polar surface area (TPSA) is 75.1 Å². The highest BCUT2D eigenvalue weighted by Gasteiger charge is 2.01. The molecule has 110 valence electrons. The van der Waals surface area contributed by atoms with Gasteiger partial charge in [0, 0.05) is 12.6 Å². The molecule has 1 amide bonds. The van der Waals surface area contributed by atoms with Crippen molar-refractivity contribution in [3.05, 3.63) is 42.2 Å². The van der Waals surface area contributed by atoms with E-state index in [0.717, 1.165) is 11.0 Å². The number of nitrogens with zero attached hydrogens (tertiary/aromatic N) is 2. The zero-order chi connectivity index (χ0) is 15.1. The molecule has 1 aromatic carbocycles. The molecule has 1 heterocycles. The van der Waals surface area contributed by atoms with Gasteiger partial charge in [0.2, 0.25) is 5.91 Å². The number of hydrogen-bond donors (Lipinski definition) is 2. The SMILES string of the molecule is CCC(O)CCNC(=O)/C=C/c1cnc2ccccc2n1. The second-order valence-electron chi connectivity index (χ2n) is 4.76. The molecule has 0 radical (unpaired) electrons. The first kappa shape index (κ1) is 15.1. The third-order valence-corrected chi connectivity index (χ3v) is 3.12. The van der Waals surface area contributed by atoms with Crippen LogP contribution in [0.5, 0.6) is 0 Å². The van der Waals surface area contributed by atoms with Gasteiger partial charge < -0.3 is 10.4 Å². The molecule has 0 fully saturated rings. The van der Waals surface area contributed by atoms with E-state index in [1.54, 1.807) is 12.3 Å². The molecular weight excluding hydrogens is 266 g/mol. The van der Waals surface area contributed by atoms with E-state index < -0.39 is 0 Å². The van der Waals surface area contributed by atoms with E-state index in [0.29, 0.717) is 25.1 Å². The largest absolute Gasteiger partial charge is 0.393 e. The monoisotopic (exact) mass is 285 g/mol. The first-order valence-corrected chi connectivity index (χ1v) is 7.05. The molecule has 5 nitrogen and oxygen atoms in total. The average Bonchev–Trinajstić information content (AvgIpc) is 2.52. The molecule has 0 saturated heterocycles. The van der Waals surface area contributed by atoms with Crippen LogP contribution in [-0.2, 0) is 4.79 Å². The van der Waals surface area contributed by atoms with E-state index in [4.69, 9.17) is 0 Å². The zero-order valence-electron chi connectivity index (χ0n) is 12.0. The molecule has 2 N–H and O–H groups in total. The number of fused-ring (bicyclic) bond motifs is 1. The summed E-state index contributed by atoms with van der Waals surface area (Å²) in [4.78, 5) is 20.3. The van der Waals surface area contributed by atoms with Crippen LogP contribution in [0.4, 0.5) is 0 Å². The minimum Gasteiger partial charge on any atom is -0.393 e. The molecule has 1 unspecified atom stereocenters. The van der Waals surface area contributed by atoms with Crippen LogP contribution in [0.25, 0.3) is 17.1 Å². The molecule has 21 heavy (non-hydrogen) atoms. The Morgan fingerprint density at radius 1 is 1.38 bits per heavy atom. The number of para-hydroxylation sites is 2. The summed E-state index contributed by atoms with van der Waals surface area (Å²) in [5.41, 5.74) is 2.26. The van der Waals surface area contributed by atoms with Crippen molar-refractivity contribution in [3.8, 4) is 0 Å². The van der Waals surface area contributed by atoms with Crippen LogP contribution in [-0.4, -0.2) is 33.6 Å². The Kier molecular flexibility index (Phi) is 5.40. The van der Waals surface area contributed by atoms with Crippen molar-refractivity contribution in [1.29, 1.82) is 0 Å². The molecule has 5 heteroatoms. The quantitative estimate of drug-likeness (QED) is 0.795. The van der Waals surface area contributed by atoms with Gasteiger partial charge in [0.1, 0.15) is 0 Å². The Bertz CT molecular complexity index is 640. The number of carbonyl (C=O) groups excluding carboxylic acids is 1. The summed E-state index contributed by atoms with van der Waals surface area (Å²) in [6.45, 7) is 2.37. The van der Waals surface area contributed by atoms with Gasteiger partial charge in [-0.1, -0.05) is 19.1 Å². The normalized spacial score (nSPS) is 12.7. The smallest absolute Gasteiger partial charge is 0.244 e. The van der Waals surface area contributed by atoms with E-state index in [9.17, 15) is 9.90 Å². The predicted molar refractivity (Wildman–Crippen MR) is 82.5 cm³/mol. The lowest BCUT2D eigenvalue weighted by Crippen LogP contribution is -2.25. The van der Waals surface area contributed by atoms with Crippen LogP contribution in [0.3, 0.4) is 0 Å². The Labute approximate surface area is 123 Å². The van der Waals surface area contributed by atoms with Gasteiger partial charge in [-0.05, 0) is 31.1 Å². The Hall–Kier alpha value is -2.27. The van der Waals surface area contributed by atoms with Crippen molar-refractivity contribution >= 4 is 23.0 Å². The fourth-order valence-corrected chi connectivity index (χ4v) is 1.84. The third kappa shape index (κ3) is 4.65. The maximum Gasteiger partial charge on any atom is 0.244 e. The summed E-state index contributed by atoms with van der Waals surface area (Å²) in [6.07, 6.45) is 5.58. The number of benzene rings is 1. The molecule has 0 aliphatic carbocycles. The predicted octanol–water partition coefficient (Wildman–Crippen LogP) is 1.92. The van der Waals surface area contributed by atoms with Gasteiger partial charge in [0.25, 0.3) is 0 Å². The van der Waals surface area contributed by atoms with Crippen molar-refractivity contribution < 1.29 is 9.90 Å². The Morgan fingerprint density at radius 3 is 2.90 bits per heavy atom. The van der Waals surface area contributed by atoms with Crippen LogP contribution < -0.4 is 5.32 Å². The molecule has 1 atom stereocenters. The minimum absolute atomic E-state index is 0.201. The second-order valence-corrected chi connectivity index (χ2v) is 4.76. The van der Waals surface area contributed by atoms with Crippen LogP contribution in [0.2, 0.25) is 0 Å². The van der Waals surface area contributed by atoms with E-state index >= 15 is 0 Å². The number of aliphatic hydroxyl groups excluding tert-OH is 1. The van der Waals surface area contributed by atoms with Crippen molar-refractivity contribution in [2.75, 3.05) is 6.54 Å². The number of aromatic nitrogens is 2.